The van der Waals surface area contributed by atoms with Crippen molar-refractivity contribution in [3.8, 4) is 0 Å². The third-order valence-electron chi connectivity index (χ3n) is 2.21. The summed E-state index contributed by atoms with van der Waals surface area (Å²) in [5.41, 5.74) is 0.476. The van der Waals surface area contributed by atoms with Crippen molar-refractivity contribution in [3.63, 3.8) is 0 Å². The van der Waals surface area contributed by atoms with Crippen molar-refractivity contribution in [3.05, 3.63) is 0 Å². The van der Waals surface area contributed by atoms with Gasteiger partial charge in [0.2, 0.25) is 0 Å². The fourth-order valence-electron chi connectivity index (χ4n) is 1.84. The summed E-state index contributed by atoms with van der Waals surface area (Å²) in [6, 6.07) is 0. The van der Waals surface area contributed by atoms with Crippen molar-refractivity contribution < 1.29 is 0 Å². The molecular weight excluding hydrogens is 134 g/mol. The van der Waals surface area contributed by atoms with Gasteiger partial charge in [0.15, 0.2) is 0 Å². The Morgan fingerprint density at radius 3 is 2.36 bits per heavy atom. The van der Waals surface area contributed by atoms with E-state index >= 15 is 0 Å². The molecule has 1 atom stereocenters. The fraction of sp³-hybridized carbons (Fsp3) is 1.00. The molecule has 11 heavy (non-hydrogen) atoms. The monoisotopic (exact) mass is 155 g/mol. The zero-order valence-corrected chi connectivity index (χ0v) is 8.35. The molecule has 0 aliphatic carbocycles. The molecule has 0 spiro atoms. The molecular formula is C10H21N. The predicted octanol–water partition coefficient (Wildman–Crippen LogP) is 2.37. The summed E-state index contributed by atoms with van der Waals surface area (Å²) in [6.07, 6.45) is 1.40. The van der Waals surface area contributed by atoms with Crippen LogP contribution in [0, 0.1) is 11.3 Å². The second-order valence-electron chi connectivity index (χ2n) is 5.19. The zero-order valence-electron chi connectivity index (χ0n) is 8.35. The Morgan fingerprint density at radius 2 is 2.00 bits per heavy atom. The molecule has 1 nitrogen and oxygen atoms in total. The summed E-state index contributed by atoms with van der Waals surface area (Å²) in [5, 5.41) is 0. The highest BCUT2D eigenvalue weighted by atomic mass is 15.1. The molecule has 0 N–H and O–H groups in total. The van der Waals surface area contributed by atoms with Crippen LogP contribution in [0.25, 0.3) is 0 Å². The maximum atomic E-state index is 2.59. The summed E-state index contributed by atoms with van der Waals surface area (Å²) in [5.74, 6) is 0.928. The summed E-state index contributed by atoms with van der Waals surface area (Å²) < 4.78 is 0. The largest absolute Gasteiger partial charge is 0.303 e. The van der Waals surface area contributed by atoms with Gasteiger partial charge in [-0.05, 0) is 24.3 Å². The highest BCUT2D eigenvalue weighted by molar-refractivity contribution is 4.76. The van der Waals surface area contributed by atoms with Gasteiger partial charge < -0.3 is 4.90 Å². The van der Waals surface area contributed by atoms with Gasteiger partial charge in [-0.1, -0.05) is 27.7 Å². The summed E-state index contributed by atoms with van der Waals surface area (Å²) >= 11 is 0. The van der Waals surface area contributed by atoms with Crippen LogP contribution < -0.4 is 0 Å². The molecule has 0 radical (unpaired) electrons. The number of rotatable bonds is 1. The van der Waals surface area contributed by atoms with Crippen LogP contribution in [0.2, 0.25) is 0 Å². The highest BCUT2D eigenvalue weighted by Gasteiger charge is 2.22. The van der Waals surface area contributed by atoms with E-state index in [9.17, 15) is 0 Å². The topological polar surface area (TPSA) is 3.24 Å². The first kappa shape index (κ1) is 9.05. The van der Waals surface area contributed by atoms with E-state index in [2.05, 4.69) is 32.6 Å². The van der Waals surface area contributed by atoms with Gasteiger partial charge in [-0.15, -0.1) is 0 Å². The Bertz CT molecular complexity index is 123. The van der Waals surface area contributed by atoms with Gasteiger partial charge in [0, 0.05) is 13.1 Å². The lowest BCUT2D eigenvalue weighted by atomic mass is 9.96. The van der Waals surface area contributed by atoms with Crippen molar-refractivity contribution in [1.29, 1.82) is 0 Å². The second kappa shape index (κ2) is 3.14. The van der Waals surface area contributed by atoms with Crippen LogP contribution in [0.3, 0.4) is 0 Å². The molecule has 0 bridgehead atoms. The zero-order chi connectivity index (χ0) is 8.48. The highest BCUT2D eigenvalue weighted by Crippen LogP contribution is 2.21. The van der Waals surface area contributed by atoms with Crippen molar-refractivity contribution >= 4 is 0 Å². The smallest absolute Gasteiger partial charge is 0.00302 e. The van der Waals surface area contributed by atoms with Crippen molar-refractivity contribution in [2.24, 2.45) is 11.3 Å². The Hall–Kier alpha value is -0.0400. The number of hydrogen-bond donors (Lipinski definition) is 0. The van der Waals surface area contributed by atoms with Crippen LogP contribution >= 0.6 is 0 Å². The number of hydrogen-bond acceptors (Lipinski definition) is 1. The molecule has 1 aliphatic heterocycles. The van der Waals surface area contributed by atoms with Gasteiger partial charge in [-0.2, -0.15) is 0 Å². The van der Waals surface area contributed by atoms with E-state index in [1.165, 1.54) is 26.1 Å². The van der Waals surface area contributed by atoms with Crippen molar-refractivity contribution in [2.45, 2.75) is 34.1 Å². The molecule has 1 heteroatoms. The van der Waals surface area contributed by atoms with Crippen LogP contribution in [0.5, 0.6) is 0 Å². The maximum absolute atomic E-state index is 2.59. The molecule has 1 heterocycles. The third kappa shape index (κ3) is 3.24. The molecule has 1 saturated heterocycles. The minimum atomic E-state index is 0.476. The van der Waals surface area contributed by atoms with Crippen molar-refractivity contribution in [1.82, 2.24) is 4.90 Å². The van der Waals surface area contributed by atoms with Gasteiger partial charge in [0.1, 0.15) is 0 Å². The van der Waals surface area contributed by atoms with Crippen molar-refractivity contribution in [2.75, 3.05) is 19.6 Å². The number of likely N-dealkylation sites (tertiary alicyclic amines) is 1. The lowest BCUT2D eigenvalue weighted by Gasteiger charge is -2.25. The summed E-state index contributed by atoms with van der Waals surface area (Å²) in [6.45, 7) is 13.2. The molecule has 0 aromatic carbocycles. The van der Waals surface area contributed by atoms with E-state index in [1.54, 1.807) is 0 Å². The van der Waals surface area contributed by atoms with Crippen LogP contribution in [-0.4, -0.2) is 24.5 Å². The lowest BCUT2D eigenvalue weighted by molar-refractivity contribution is 0.222. The number of nitrogens with zero attached hydrogens (tertiary/aromatic N) is 1. The predicted molar refractivity (Wildman–Crippen MR) is 49.7 cm³/mol. The van der Waals surface area contributed by atoms with E-state index in [0.717, 1.165) is 5.92 Å². The maximum Gasteiger partial charge on any atom is 0.00302 e. The third-order valence-corrected chi connectivity index (χ3v) is 2.21. The van der Waals surface area contributed by atoms with E-state index in [1.807, 2.05) is 0 Å². The van der Waals surface area contributed by atoms with Crippen LogP contribution in [0.15, 0.2) is 0 Å². The Balaban J connectivity index is 2.29. The van der Waals surface area contributed by atoms with E-state index in [4.69, 9.17) is 0 Å². The van der Waals surface area contributed by atoms with Gasteiger partial charge in [-0.25, -0.2) is 0 Å². The average molecular weight is 155 g/mol. The average Bonchev–Trinajstić information content (AvgIpc) is 2.10. The quantitative estimate of drug-likeness (QED) is 0.562. The molecule has 0 aromatic rings. The summed E-state index contributed by atoms with van der Waals surface area (Å²) in [7, 11) is 0. The molecule has 0 aromatic heterocycles. The second-order valence-corrected chi connectivity index (χ2v) is 5.19. The molecule has 66 valence electrons. The van der Waals surface area contributed by atoms with Gasteiger partial charge in [0.25, 0.3) is 0 Å². The minimum Gasteiger partial charge on any atom is -0.303 e. The van der Waals surface area contributed by atoms with Crippen LogP contribution in [-0.2, 0) is 0 Å². The first-order chi connectivity index (χ1) is 4.97. The molecule has 1 rings (SSSR count). The van der Waals surface area contributed by atoms with E-state index in [-0.39, 0.29) is 0 Å². The Kier molecular flexibility index (Phi) is 2.58. The minimum absolute atomic E-state index is 0.476. The molecule has 0 amide bonds. The fourth-order valence-corrected chi connectivity index (χ4v) is 1.84. The Labute approximate surface area is 70.8 Å². The van der Waals surface area contributed by atoms with Crippen LogP contribution in [0.4, 0.5) is 0 Å². The summed E-state index contributed by atoms with van der Waals surface area (Å²) in [4.78, 5) is 2.59. The normalized spacial score (nSPS) is 27.8. The standard InChI is InChI=1S/C10H21N/c1-9-5-6-11(7-9)8-10(2,3)4/h9H,5-8H2,1-4H3/t9-/m1/s1. The van der Waals surface area contributed by atoms with Gasteiger partial charge in [0.05, 0.1) is 0 Å². The first-order valence-corrected chi connectivity index (χ1v) is 4.70. The molecule has 1 fully saturated rings. The lowest BCUT2D eigenvalue weighted by Crippen LogP contribution is -2.30. The SMILES string of the molecule is C[C@@H]1CCN(CC(C)(C)C)C1. The molecule has 0 saturated carbocycles. The first-order valence-electron chi connectivity index (χ1n) is 4.70. The van der Waals surface area contributed by atoms with Gasteiger partial charge in [-0.3, -0.25) is 0 Å². The van der Waals surface area contributed by atoms with Crippen LogP contribution in [0.1, 0.15) is 34.1 Å². The molecule has 0 unspecified atom stereocenters. The molecule has 1 aliphatic rings. The Morgan fingerprint density at radius 1 is 1.36 bits per heavy atom. The van der Waals surface area contributed by atoms with E-state index < -0.39 is 0 Å². The van der Waals surface area contributed by atoms with Gasteiger partial charge >= 0.3 is 0 Å². The van der Waals surface area contributed by atoms with E-state index in [0.29, 0.717) is 5.41 Å².